The van der Waals surface area contributed by atoms with Crippen molar-refractivity contribution < 1.29 is 14.5 Å². The Hall–Kier alpha value is -3.87. The highest BCUT2D eigenvalue weighted by Crippen LogP contribution is 2.30. The summed E-state index contributed by atoms with van der Waals surface area (Å²) in [6, 6.07) is 18.0. The molecule has 2 N–H and O–H groups in total. The van der Waals surface area contributed by atoms with Crippen LogP contribution in [0, 0.1) is 10.1 Å². The van der Waals surface area contributed by atoms with E-state index in [4.69, 9.17) is 0 Å². The first-order valence-electron chi connectivity index (χ1n) is 10.6. The average molecular weight is 536 g/mol. The van der Waals surface area contributed by atoms with E-state index in [0.29, 0.717) is 25.4 Å². The zero-order valence-corrected chi connectivity index (χ0v) is 20.9. The molecule has 0 bridgehead atoms. The predicted molar refractivity (Wildman–Crippen MR) is 144 cm³/mol. The number of thiazole rings is 2. The molecule has 0 atom stereocenters. The number of nitrogens with one attached hydrogen (secondary N) is 2. The maximum Gasteiger partial charge on any atom is 0.270 e. The average Bonchev–Trinajstić information content (AvgIpc) is 3.48. The second-order valence-electron chi connectivity index (χ2n) is 7.62. The normalized spacial score (nSPS) is 11.0. The summed E-state index contributed by atoms with van der Waals surface area (Å²) in [5, 5.41) is 20.8. The molecule has 5 aromatic rings. The van der Waals surface area contributed by atoms with Gasteiger partial charge in [0.1, 0.15) is 0 Å². The van der Waals surface area contributed by atoms with Crippen molar-refractivity contribution in [3.63, 3.8) is 0 Å². The third-order valence-electron chi connectivity index (χ3n) is 5.09. The Balaban J connectivity index is 1.15. The van der Waals surface area contributed by atoms with E-state index in [9.17, 15) is 19.7 Å². The highest BCUT2D eigenvalue weighted by Gasteiger charge is 2.14. The van der Waals surface area contributed by atoms with E-state index >= 15 is 0 Å². The van der Waals surface area contributed by atoms with Crippen LogP contribution in [0.25, 0.3) is 21.0 Å². The van der Waals surface area contributed by atoms with Gasteiger partial charge in [-0.25, -0.2) is 9.97 Å². The van der Waals surface area contributed by atoms with Gasteiger partial charge in [-0.3, -0.25) is 19.7 Å². The van der Waals surface area contributed by atoms with E-state index in [1.807, 2.05) is 42.5 Å². The first-order chi connectivity index (χ1) is 17.4. The van der Waals surface area contributed by atoms with Crippen LogP contribution in [0.15, 0.2) is 70.4 Å². The molecular weight excluding hydrogens is 518 g/mol. The number of hydrogen-bond acceptors (Lipinski definition) is 9. The fraction of sp³-hybridized carbons (Fsp3) is 0.0833. The molecular formula is C24H17N5O4S3. The molecule has 5 rings (SSSR count). The zero-order valence-electron chi connectivity index (χ0n) is 18.5. The molecule has 0 aliphatic rings. The van der Waals surface area contributed by atoms with Gasteiger partial charge in [0.25, 0.3) is 5.69 Å². The van der Waals surface area contributed by atoms with E-state index < -0.39 is 4.92 Å². The summed E-state index contributed by atoms with van der Waals surface area (Å²) in [5.74, 6) is -0.235. The van der Waals surface area contributed by atoms with Gasteiger partial charge in [0.05, 0.1) is 33.0 Å². The number of benzene rings is 3. The monoisotopic (exact) mass is 535 g/mol. The van der Waals surface area contributed by atoms with Crippen LogP contribution in [0.4, 0.5) is 16.5 Å². The fourth-order valence-electron chi connectivity index (χ4n) is 3.49. The minimum atomic E-state index is -0.470. The van der Waals surface area contributed by atoms with Gasteiger partial charge in [-0.1, -0.05) is 59.5 Å². The van der Waals surface area contributed by atoms with Crippen LogP contribution in [0.1, 0.15) is 5.69 Å². The van der Waals surface area contributed by atoms with Crippen molar-refractivity contribution in [2.24, 2.45) is 0 Å². The molecule has 36 heavy (non-hydrogen) atoms. The Morgan fingerprint density at radius 2 is 1.83 bits per heavy atom. The largest absolute Gasteiger partial charge is 0.325 e. The molecule has 0 aliphatic heterocycles. The van der Waals surface area contributed by atoms with Crippen LogP contribution in [-0.2, 0) is 16.0 Å². The number of amides is 2. The van der Waals surface area contributed by atoms with Crippen LogP contribution >= 0.6 is 34.4 Å². The van der Waals surface area contributed by atoms with Gasteiger partial charge in [0.15, 0.2) is 9.47 Å². The quantitative estimate of drug-likeness (QED) is 0.148. The van der Waals surface area contributed by atoms with Crippen LogP contribution in [0.2, 0.25) is 0 Å². The van der Waals surface area contributed by atoms with E-state index in [-0.39, 0.29) is 29.7 Å². The maximum absolute atomic E-state index is 12.5. The Morgan fingerprint density at radius 3 is 2.69 bits per heavy atom. The van der Waals surface area contributed by atoms with E-state index in [2.05, 4.69) is 20.6 Å². The number of nitro benzene ring substituents is 1. The Bertz CT molecular complexity index is 1610. The zero-order chi connectivity index (χ0) is 25.1. The summed E-state index contributed by atoms with van der Waals surface area (Å²) < 4.78 is 1.31. The van der Waals surface area contributed by atoms with Gasteiger partial charge in [0, 0.05) is 28.6 Å². The van der Waals surface area contributed by atoms with Crippen LogP contribution < -0.4 is 10.6 Å². The molecule has 0 aliphatic carbocycles. The molecule has 0 fully saturated rings. The van der Waals surface area contributed by atoms with Crippen molar-refractivity contribution >= 4 is 83.7 Å². The molecule has 180 valence electrons. The van der Waals surface area contributed by atoms with Gasteiger partial charge >= 0.3 is 0 Å². The number of anilines is 2. The molecule has 0 spiro atoms. The number of carbonyl (C=O) groups excluding carboxylic acids is 2. The molecule has 9 nitrogen and oxygen atoms in total. The second kappa shape index (κ2) is 10.4. The lowest BCUT2D eigenvalue weighted by molar-refractivity contribution is -0.384. The van der Waals surface area contributed by atoms with Gasteiger partial charge < -0.3 is 10.6 Å². The summed E-state index contributed by atoms with van der Waals surface area (Å²) in [7, 11) is 0. The third kappa shape index (κ3) is 5.51. The van der Waals surface area contributed by atoms with Crippen molar-refractivity contribution in [3.8, 4) is 0 Å². The lowest BCUT2D eigenvalue weighted by Crippen LogP contribution is -2.14. The molecule has 0 saturated carbocycles. The van der Waals surface area contributed by atoms with Crippen LogP contribution in [0.3, 0.4) is 0 Å². The number of non-ortho nitro benzene ring substituents is 1. The van der Waals surface area contributed by atoms with Gasteiger partial charge in [0.2, 0.25) is 11.8 Å². The lowest BCUT2D eigenvalue weighted by atomic mass is 10.1. The number of rotatable bonds is 8. The summed E-state index contributed by atoms with van der Waals surface area (Å²) in [6.45, 7) is 0. The molecule has 12 heteroatoms. The number of nitrogens with zero attached hydrogens (tertiary/aromatic N) is 3. The molecule has 0 radical (unpaired) electrons. The Kier molecular flexibility index (Phi) is 6.89. The number of thioether (sulfide) groups is 1. The Labute approximate surface area is 216 Å². The molecule has 0 saturated heterocycles. The minimum absolute atomic E-state index is 0.0256. The highest BCUT2D eigenvalue weighted by atomic mass is 32.2. The number of carbonyl (C=O) groups is 2. The van der Waals surface area contributed by atoms with Crippen LogP contribution in [0.5, 0.6) is 0 Å². The summed E-state index contributed by atoms with van der Waals surface area (Å²) in [4.78, 5) is 44.2. The van der Waals surface area contributed by atoms with Crippen molar-refractivity contribution in [2.75, 3.05) is 16.4 Å². The molecule has 0 unspecified atom stereocenters. The number of nitro groups is 1. The topological polar surface area (TPSA) is 127 Å². The predicted octanol–water partition coefficient (Wildman–Crippen LogP) is 5.73. The van der Waals surface area contributed by atoms with Gasteiger partial charge in [-0.05, 0) is 17.5 Å². The number of fused-ring (bicyclic) bond motifs is 2. The van der Waals surface area contributed by atoms with E-state index in [0.717, 1.165) is 16.5 Å². The molecule has 2 aromatic heterocycles. The standard InChI is InChI=1S/C24H17N5O4S3/c30-21(28-23-27-19-9-8-16(29(32)33)11-20(19)36-23)10-15-12-34-24(25-15)35-13-22(31)26-18-7-3-5-14-4-1-2-6-17(14)18/h1-9,11-12H,10,13H2,(H,26,31)(H,27,28,30). The van der Waals surface area contributed by atoms with E-state index in [1.165, 1.54) is 46.6 Å². The highest BCUT2D eigenvalue weighted by molar-refractivity contribution is 8.01. The summed E-state index contributed by atoms with van der Waals surface area (Å²) in [5.41, 5.74) is 1.91. The minimum Gasteiger partial charge on any atom is -0.325 e. The van der Waals surface area contributed by atoms with Crippen molar-refractivity contribution in [2.45, 2.75) is 10.8 Å². The number of hydrogen-bond donors (Lipinski definition) is 2. The van der Waals surface area contributed by atoms with Gasteiger partial charge in [-0.15, -0.1) is 11.3 Å². The van der Waals surface area contributed by atoms with Crippen molar-refractivity contribution in [1.29, 1.82) is 0 Å². The first-order valence-corrected chi connectivity index (χ1v) is 13.3. The Morgan fingerprint density at radius 1 is 1.00 bits per heavy atom. The molecule has 2 heterocycles. The van der Waals surface area contributed by atoms with Gasteiger partial charge in [-0.2, -0.15) is 0 Å². The molecule has 3 aromatic carbocycles. The maximum atomic E-state index is 12.5. The number of aromatic nitrogens is 2. The summed E-state index contributed by atoms with van der Waals surface area (Å²) >= 11 is 3.85. The van der Waals surface area contributed by atoms with E-state index in [1.54, 1.807) is 11.4 Å². The SMILES string of the molecule is O=C(Cc1csc(SCC(=O)Nc2cccc3ccccc23)n1)Nc1nc2ccc([N+](=O)[O-])cc2s1. The van der Waals surface area contributed by atoms with Crippen molar-refractivity contribution in [3.05, 3.63) is 81.9 Å². The third-order valence-corrected chi connectivity index (χ3v) is 8.10. The molecule has 2 amide bonds. The first kappa shape index (κ1) is 23.9. The summed E-state index contributed by atoms with van der Waals surface area (Å²) in [6.07, 6.45) is 0.0509. The van der Waals surface area contributed by atoms with Crippen molar-refractivity contribution in [1.82, 2.24) is 9.97 Å². The smallest absolute Gasteiger partial charge is 0.270 e. The second-order valence-corrected chi connectivity index (χ2v) is 10.7. The fourth-order valence-corrected chi connectivity index (χ4v) is 6.05. The van der Waals surface area contributed by atoms with Crippen LogP contribution in [-0.4, -0.2) is 32.5 Å². The lowest BCUT2D eigenvalue weighted by Gasteiger charge is -2.08.